The largest absolute Gasteiger partial charge is 0.0623 e. The second-order valence-corrected chi connectivity index (χ2v) is 1.15. The van der Waals surface area contributed by atoms with Crippen molar-refractivity contribution in [3.8, 4) is 0 Å². The van der Waals surface area contributed by atoms with Crippen molar-refractivity contribution in [2.45, 2.75) is 0 Å². The zero-order valence-electron chi connectivity index (χ0n) is 6.60. The van der Waals surface area contributed by atoms with Crippen LogP contribution in [0.4, 0.5) is 0 Å². The van der Waals surface area contributed by atoms with E-state index >= 15 is 0 Å². The Morgan fingerprint density at radius 1 is 0.462 bits per heavy atom. The van der Waals surface area contributed by atoms with E-state index in [1.165, 1.54) is 0 Å². The van der Waals surface area contributed by atoms with Crippen LogP contribution in [0.15, 0.2) is 36.4 Å². The average molecular weight is 258 g/mol. The maximum absolute atomic E-state index is 7.50. The molecule has 0 spiro atoms. The molecule has 66 valence electrons. The van der Waals surface area contributed by atoms with Crippen molar-refractivity contribution in [1.82, 2.24) is 0 Å². The van der Waals surface area contributed by atoms with Gasteiger partial charge in [0.2, 0.25) is 0 Å². The molecule has 0 aliphatic heterocycles. The molecule has 1 rings (SSSR count). The third kappa shape index (κ3) is 35.3. The van der Waals surface area contributed by atoms with E-state index < -0.39 is 0 Å². The molecule has 0 aliphatic carbocycles. The minimum absolute atomic E-state index is 0. The first kappa shape index (κ1) is 22.7. The zero-order valence-corrected chi connectivity index (χ0v) is 8.60. The summed E-state index contributed by atoms with van der Waals surface area (Å²) in [5.41, 5.74) is 0. The predicted octanol–water partition coefficient (Wildman–Crippen LogP) is 1.57. The van der Waals surface area contributed by atoms with E-state index in [4.69, 9.17) is 14.0 Å². The van der Waals surface area contributed by atoms with Crippen LogP contribution in [0.2, 0.25) is 0 Å². The fourth-order valence-corrected chi connectivity index (χ4v) is 0.385. The zero-order chi connectivity index (χ0) is 10.2. The molecule has 0 bridgehead atoms. The van der Waals surface area contributed by atoms with Gasteiger partial charge in [0.25, 0.3) is 0 Å². The smallest absolute Gasteiger partial charge is 0 e. The Kier molecular flexibility index (Phi) is 75.9. The van der Waals surface area contributed by atoms with Crippen LogP contribution in [0.3, 0.4) is 0 Å². The normalized spacial score (nSPS) is 4.15. The van der Waals surface area contributed by atoms with Crippen molar-refractivity contribution in [3.05, 3.63) is 56.3 Å². The van der Waals surface area contributed by atoms with E-state index in [-0.39, 0.29) is 21.1 Å². The van der Waals surface area contributed by atoms with Gasteiger partial charge in [0.1, 0.15) is 0 Å². The molecule has 0 N–H and O–H groups in total. The van der Waals surface area contributed by atoms with Crippen LogP contribution in [0.5, 0.6) is 0 Å². The fraction of sp³-hybridized carbons (Fsp3) is 0. The molecule has 0 aromatic heterocycles. The van der Waals surface area contributed by atoms with Crippen molar-refractivity contribution >= 4 is 0 Å². The van der Waals surface area contributed by atoms with Gasteiger partial charge in [-0.3, -0.25) is 0 Å². The van der Waals surface area contributed by atoms with Gasteiger partial charge in [0, 0.05) is 21.1 Å². The van der Waals surface area contributed by atoms with Crippen molar-refractivity contribution in [2.24, 2.45) is 0 Å². The Morgan fingerprint density at radius 2 is 0.538 bits per heavy atom. The van der Waals surface area contributed by atoms with Crippen molar-refractivity contribution in [3.63, 3.8) is 0 Å². The number of hydrogen-bond donors (Lipinski definition) is 0. The Morgan fingerprint density at radius 3 is 0.615 bits per heavy atom. The van der Waals surface area contributed by atoms with Crippen LogP contribution in [0.25, 0.3) is 0 Å². The first-order valence-electron chi connectivity index (χ1n) is 2.61. The van der Waals surface area contributed by atoms with Crippen LogP contribution in [-0.4, -0.2) is 0 Å². The summed E-state index contributed by atoms with van der Waals surface area (Å²) < 4.78 is 22.5. The van der Waals surface area contributed by atoms with Gasteiger partial charge >= 0.3 is 33.9 Å². The second kappa shape index (κ2) is 43.4. The molecule has 0 atom stereocenters. The summed E-state index contributed by atoms with van der Waals surface area (Å²) >= 11 is 0. The number of benzene rings is 1. The Hall–Kier alpha value is -0.872. The molecule has 0 aliphatic rings. The molecule has 4 heteroatoms. The molecule has 0 saturated carbocycles. The maximum atomic E-state index is 7.50. The molecule has 0 amide bonds. The van der Waals surface area contributed by atoms with E-state index in [1.54, 1.807) is 0 Å². The van der Waals surface area contributed by atoms with Crippen LogP contribution < -0.4 is 0 Å². The van der Waals surface area contributed by atoms with E-state index in [2.05, 4.69) is 20.0 Å². The summed E-state index contributed by atoms with van der Waals surface area (Å²) in [6.07, 6.45) is 0. The van der Waals surface area contributed by atoms with Crippen LogP contribution in [0.1, 0.15) is 0 Å². The molecule has 1 aromatic rings. The molecule has 0 saturated heterocycles. The van der Waals surface area contributed by atoms with E-state index in [9.17, 15) is 0 Å². The fourth-order valence-electron chi connectivity index (χ4n) is 0.385. The van der Waals surface area contributed by atoms with Gasteiger partial charge in [-0.05, 0) is 0 Å². The molecule has 1 aromatic carbocycles. The monoisotopic (exact) mass is 260 g/mol. The summed E-state index contributed by atoms with van der Waals surface area (Å²) in [7, 11) is 0. The van der Waals surface area contributed by atoms with Gasteiger partial charge < -0.3 is 0 Å². The van der Waals surface area contributed by atoms with Gasteiger partial charge in [0.05, 0.1) is 0 Å². The molecular formula is C9H6MoO3. The Labute approximate surface area is 91.6 Å². The van der Waals surface area contributed by atoms with E-state index in [0.717, 1.165) is 0 Å². The van der Waals surface area contributed by atoms with Crippen LogP contribution in [0, 0.1) is 20.0 Å². The molecule has 0 fully saturated rings. The summed E-state index contributed by atoms with van der Waals surface area (Å²) in [6, 6.07) is 12.0. The third-order valence-corrected chi connectivity index (χ3v) is 0.667. The van der Waals surface area contributed by atoms with E-state index in [0.29, 0.717) is 0 Å². The molecule has 13 heavy (non-hydrogen) atoms. The summed E-state index contributed by atoms with van der Waals surface area (Å²) in [4.78, 5) is 0. The van der Waals surface area contributed by atoms with Gasteiger partial charge in [-0.2, -0.15) is 0 Å². The Bertz CT molecular complexity index is 162. The second-order valence-electron chi connectivity index (χ2n) is 1.15. The summed E-state index contributed by atoms with van der Waals surface area (Å²) in [5, 5.41) is 0. The predicted molar refractivity (Wildman–Crippen MR) is 38.2 cm³/mol. The SMILES string of the molecule is [C-]#[O+].[C-]#[O+].[C-]#[O+].[Mo].c1ccccc1. The molecule has 0 radical (unpaired) electrons. The molecule has 0 heterocycles. The van der Waals surface area contributed by atoms with Gasteiger partial charge in [0.15, 0.2) is 0 Å². The molecule has 3 nitrogen and oxygen atoms in total. The van der Waals surface area contributed by atoms with Crippen molar-refractivity contribution < 1.29 is 35.0 Å². The maximum Gasteiger partial charge on any atom is 0 e. The van der Waals surface area contributed by atoms with Crippen molar-refractivity contribution in [2.75, 3.05) is 0 Å². The number of rotatable bonds is 0. The van der Waals surface area contributed by atoms with Crippen molar-refractivity contribution in [1.29, 1.82) is 0 Å². The third-order valence-electron chi connectivity index (χ3n) is 0.667. The average Bonchev–Trinajstić information content (AvgIpc) is 2.29. The van der Waals surface area contributed by atoms with Crippen LogP contribution in [-0.2, 0) is 35.0 Å². The van der Waals surface area contributed by atoms with Gasteiger partial charge in [-0.15, -0.1) is 0 Å². The summed E-state index contributed by atoms with van der Waals surface area (Å²) in [5.74, 6) is 0. The molecular weight excluding hydrogens is 252 g/mol. The standard InChI is InChI=1S/C6H6.3CO.Mo/c1-2-4-6-5-3-1;3*1-2;/h1-6H;;;;. The van der Waals surface area contributed by atoms with E-state index in [1.807, 2.05) is 36.4 Å². The number of hydrogen-bond acceptors (Lipinski definition) is 0. The first-order valence-corrected chi connectivity index (χ1v) is 2.61. The minimum atomic E-state index is 0. The van der Waals surface area contributed by atoms with Gasteiger partial charge in [-0.1, -0.05) is 36.4 Å². The topological polar surface area (TPSA) is 59.7 Å². The Balaban J connectivity index is -0.0000000508. The quantitative estimate of drug-likeness (QED) is 0.385. The minimum Gasteiger partial charge on any atom is -0.0623 e. The van der Waals surface area contributed by atoms with Gasteiger partial charge in [-0.25, -0.2) is 0 Å². The molecule has 0 unspecified atom stereocenters. The summed E-state index contributed by atoms with van der Waals surface area (Å²) in [6.45, 7) is 13.5. The van der Waals surface area contributed by atoms with Crippen LogP contribution >= 0.6 is 0 Å². The first-order chi connectivity index (χ1) is 6.00.